The third kappa shape index (κ3) is 5.70. The predicted octanol–water partition coefficient (Wildman–Crippen LogP) is 3.95. The summed E-state index contributed by atoms with van der Waals surface area (Å²) in [5.41, 5.74) is 1.38. The Morgan fingerprint density at radius 1 is 1.03 bits per heavy atom. The van der Waals surface area contributed by atoms with E-state index in [2.05, 4.69) is 10.4 Å². The minimum Gasteiger partial charge on any atom is -0.350 e. The molecule has 0 aliphatic carbocycles. The van der Waals surface area contributed by atoms with Crippen molar-refractivity contribution in [2.45, 2.75) is 58.5 Å². The third-order valence-corrected chi connectivity index (χ3v) is 6.67. The maximum atomic E-state index is 13.3. The van der Waals surface area contributed by atoms with Gasteiger partial charge in [0, 0.05) is 50.5 Å². The number of likely N-dealkylation sites (tertiary alicyclic amines) is 1. The van der Waals surface area contributed by atoms with Crippen molar-refractivity contribution in [3.05, 3.63) is 82.0 Å². The Kier molecular flexibility index (Phi) is 7.80. The Hall–Kier alpha value is -3.68. The Morgan fingerprint density at radius 3 is 2.34 bits per heavy atom. The molecule has 184 valence electrons. The highest BCUT2D eigenvalue weighted by Crippen LogP contribution is 2.16. The van der Waals surface area contributed by atoms with Crippen LogP contribution < -0.4 is 10.7 Å². The van der Waals surface area contributed by atoms with Gasteiger partial charge < -0.3 is 14.8 Å². The van der Waals surface area contributed by atoms with Crippen LogP contribution in [0.1, 0.15) is 78.3 Å². The first-order valence-corrected chi connectivity index (χ1v) is 12.4. The predicted molar refractivity (Wildman–Crippen MR) is 135 cm³/mol. The number of carbonyl (C=O) groups is 2. The summed E-state index contributed by atoms with van der Waals surface area (Å²) in [7, 11) is 0. The molecule has 1 N–H and O–H groups in total. The van der Waals surface area contributed by atoms with Crippen molar-refractivity contribution in [2.75, 3.05) is 13.1 Å². The largest absolute Gasteiger partial charge is 0.350 e. The Morgan fingerprint density at radius 2 is 1.71 bits per heavy atom. The highest BCUT2D eigenvalue weighted by Gasteiger charge is 2.24. The van der Waals surface area contributed by atoms with Crippen molar-refractivity contribution in [3.63, 3.8) is 0 Å². The number of nitrogens with one attached hydrogen (secondary N) is 1. The van der Waals surface area contributed by atoms with Crippen LogP contribution in [0.25, 0.3) is 5.69 Å². The highest BCUT2D eigenvalue weighted by molar-refractivity contribution is 5.99. The molecule has 2 aromatic heterocycles. The molecule has 8 nitrogen and oxygen atoms in total. The average molecular weight is 476 g/mol. The van der Waals surface area contributed by atoms with E-state index in [0.29, 0.717) is 13.1 Å². The van der Waals surface area contributed by atoms with E-state index in [1.165, 1.54) is 0 Å². The summed E-state index contributed by atoms with van der Waals surface area (Å²) < 4.78 is 3.58. The SMILES string of the molecule is CC[C@@H](C)n1cc(C(=O)NCc2ccc(-n3cccn3)cc2)c(=O)c(C(=O)N2CCCCCC2)c1. The van der Waals surface area contributed by atoms with Crippen molar-refractivity contribution in [1.82, 2.24) is 24.6 Å². The molecule has 0 saturated carbocycles. The summed E-state index contributed by atoms with van der Waals surface area (Å²) in [5, 5.41) is 7.06. The van der Waals surface area contributed by atoms with Gasteiger partial charge in [0.2, 0.25) is 5.43 Å². The van der Waals surface area contributed by atoms with Gasteiger partial charge >= 0.3 is 0 Å². The molecule has 2 amide bonds. The van der Waals surface area contributed by atoms with E-state index in [0.717, 1.165) is 43.4 Å². The van der Waals surface area contributed by atoms with Gasteiger partial charge in [-0.2, -0.15) is 5.10 Å². The molecule has 0 spiro atoms. The fourth-order valence-electron chi connectivity index (χ4n) is 4.29. The van der Waals surface area contributed by atoms with Crippen molar-refractivity contribution >= 4 is 11.8 Å². The minimum absolute atomic E-state index is 0.000803. The first-order chi connectivity index (χ1) is 17.0. The van der Waals surface area contributed by atoms with Gasteiger partial charge in [-0.3, -0.25) is 14.4 Å². The minimum atomic E-state index is -0.509. The van der Waals surface area contributed by atoms with E-state index in [1.807, 2.05) is 54.9 Å². The fourth-order valence-corrected chi connectivity index (χ4v) is 4.29. The maximum absolute atomic E-state index is 13.3. The van der Waals surface area contributed by atoms with Gasteiger partial charge in [0.05, 0.1) is 5.69 Å². The van der Waals surface area contributed by atoms with E-state index in [4.69, 9.17) is 0 Å². The van der Waals surface area contributed by atoms with Gasteiger partial charge in [-0.15, -0.1) is 0 Å². The summed E-state index contributed by atoms with van der Waals surface area (Å²) in [5.74, 6) is -0.758. The molecule has 1 atom stereocenters. The summed E-state index contributed by atoms with van der Waals surface area (Å²) in [4.78, 5) is 41.4. The fraction of sp³-hybridized carbons (Fsp3) is 0.407. The van der Waals surface area contributed by atoms with Crippen LogP contribution >= 0.6 is 0 Å². The standard InChI is InChI=1S/C27H33N5O3/c1-3-20(2)31-18-23(25(33)24(19-31)27(35)30-14-6-4-5-7-15-30)26(34)28-17-21-9-11-22(12-10-21)32-16-8-13-29-32/h8-13,16,18-20H,3-7,14-15,17H2,1-2H3,(H,28,34)/t20-/m1/s1. The number of benzene rings is 1. The second-order valence-electron chi connectivity index (χ2n) is 9.13. The molecule has 0 bridgehead atoms. The number of hydrogen-bond acceptors (Lipinski definition) is 4. The van der Waals surface area contributed by atoms with Gasteiger partial charge in [0.15, 0.2) is 0 Å². The molecule has 1 saturated heterocycles. The van der Waals surface area contributed by atoms with Crippen molar-refractivity contribution in [3.8, 4) is 5.69 Å². The van der Waals surface area contributed by atoms with Gasteiger partial charge in [0.1, 0.15) is 11.1 Å². The molecular weight excluding hydrogens is 442 g/mol. The number of amides is 2. The highest BCUT2D eigenvalue weighted by atomic mass is 16.2. The smallest absolute Gasteiger partial charge is 0.259 e. The molecule has 3 heterocycles. The number of rotatable bonds is 7. The lowest BCUT2D eigenvalue weighted by Crippen LogP contribution is -2.38. The maximum Gasteiger partial charge on any atom is 0.259 e. The van der Waals surface area contributed by atoms with Crippen LogP contribution in [-0.4, -0.2) is 44.2 Å². The summed E-state index contributed by atoms with van der Waals surface area (Å²) in [6.45, 7) is 5.60. The summed E-state index contributed by atoms with van der Waals surface area (Å²) in [6.07, 6.45) is 11.6. The Bertz CT molecular complexity index is 1210. The van der Waals surface area contributed by atoms with Crippen LogP contribution in [-0.2, 0) is 6.54 Å². The first kappa shape index (κ1) is 24.4. The van der Waals surface area contributed by atoms with Crippen molar-refractivity contribution < 1.29 is 9.59 Å². The van der Waals surface area contributed by atoms with Gasteiger partial charge in [-0.25, -0.2) is 4.68 Å². The monoisotopic (exact) mass is 475 g/mol. The van der Waals surface area contributed by atoms with Gasteiger partial charge in [-0.1, -0.05) is 31.9 Å². The zero-order chi connectivity index (χ0) is 24.8. The van der Waals surface area contributed by atoms with Crippen LogP contribution in [0, 0.1) is 0 Å². The lowest BCUT2D eigenvalue weighted by Gasteiger charge is -2.22. The molecule has 0 radical (unpaired) electrons. The molecule has 3 aromatic rings. The zero-order valence-electron chi connectivity index (χ0n) is 20.4. The number of nitrogens with zero attached hydrogens (tertiary/aromatic N) is 4. The molecule has 1 aliphatic rings. The quantitative estimate of drug-likeness (QED) is 0.560. The van der Waals surface area contributed by atoms with Gasteiger partial charge in [-0.05, 0) is 49.9 Å². The first-order valence-electron chi connectivity index (χ1n) is 12.4. The normalized spacial score (nSPS) is 14.9. The van der Waals surface area contributed by atoms with Crippen LogP contribution in [0.4, 0.5) is 0 Å². The molecule has 4 rings (SSSR count). The second-order valence-corrected chi connectivity index (χ2v) is 9.13. The number of pyridine rings is 1. The van der Waals surface area contributed by atoms with Crippen molar-refractivity contribution in [1.29, 1.82) is 0 Å². The number of carbonyl (C=O) groups excluding carboxylic acids is 2. The van der Waals surface area contributed by atoms with E-state index in [1.54, 1.807) is 28.2 Å². The molecule has 1 aliphatic heterocycles. The van der Waals surface area contributed by atoms with E-state index in [9.17, 15) is 14.4 Å². The van der Waals surface area contributed by atoms with E-state index in [-0.39, 0.29) is 29.6 Å². The zero-order valence-corrected chi connectivity index (χ0v) is 20.4. The molecule has 0 unspecified atom stereocenters. The Balaban J connectivity index is 1.55. The molecular formula is C27H33N5O3. The number of hydrogen-bond donors (Lipinski definition) is 1. The van der Waals surface area contributed by atoms with Crippen LogP contribution in [0.15, 0.2) is 59.9 Å². The second kappa shape index (κ2) is 11.2. The van der Waals surface area contributed by atoms with Crippen LogP contribution in [0.5, 0.6) is 0 Å². The topological polar surface area (TPSA) is 89.2 Å². The van der Waals surface area contributed by atoms with E-state index >= 15 is 0 Å². The average Bonchev–Trinajstić information content (AvgIpc) is 3.29. The lowest BCUT2D eigenvalue weighted by molar-refractivity contribution is 0.0759. The van der Waals surface area contributed by atoms with Crippen LogP contribution in [0.2, 0.25) is 0 Å². The summed E-state index contributed by atoms with van der Waals surface area (Å²) in [6, 6.07) is 9.57. The van der Waals surface area contributed by atoms with E-state index < -0.39 is 11.3 Å². The third-order valence-electron chi connectivity index (χ3n) is 6.67. The Labute approximate surface area is 205 Å². The molecule has 1 fully saturated rings. The summed E-state index contributed by atoms with van der Waals surface area (Å²) >= 11 is 0. The van der Waals surface area contributed by atoms with Crippen LogP contribution in [0.3, 0.4) is 0 Å². The molecule has 1 aromatic carbocycles. The number of aromatic nitrogens is 3. The van der Waals surface area contributed by atoms with Gasteiger partial charge in [0.25, 0.3) is 11.8 Å². The molecule has 35 heavy (non-hydrogen) atoms. The van der Waals surface area contributed by atoms with Crippen molar-refractivity contribution in [2.24, 2.45) is 0 Å². The lowest BCUT2D eigenvalue weighted by atomic mass is 10.1. The molecule has 8 heteroatoms.